The quantitative estimate of drug-likeness (QED) is 0.841. The van der Waals surface area contributed by atoms with Crippen molar-refractivity contribution in [2.45, 2.75) is 25.3 Å². The maximum atomic E-state index is 9.33. The van der Waals surface area contributed by atoms with E-state index in [1.807, 2.05) is 4.68 Å². The molecular formula is C13H15N3O2. The van der Waals surface area contributed by atoms with Crippen LogP contribution in [0.5, 0.6) is 5.75 Å². The van der Waals surface area contributed by atoms with Crippen LogP contribution in [-0.4, -0.2) is 31.6 Å². The Balaban J connectivity index is 1.99. The molecule has 1 unspecified atom stereocenters. The van der Waals surface area contributed by atoms with Crippen molar-refractivity contribution in [3.63, 3.8) is 0 Å². The lowest BCUT2D eigenvalue weighted by atomic mass is 10.1. The summed E-state index contributed by atoms with van der Waals surface area (Å²) in [5.74, 6) is 1.82. The molecule has 0 fully saturated rings. The number of fused-ring (bicyclic) bond motifs is 1. The van der Waals surface area contributed by atoms with E-state index in [1.54, 1.807) is 24.3 Å². The summed E-state index contributed by atoms with van der Waals surface area (Å²) in [5.41, 5.74) is 0.881. The first-order valence-electron chi connectivity index (χ1n) is 6.13. The van der Waals surface area contributed by atoms with E-state index < -0.39 is 0 Å². The molecule has 0 aliphatic carbocycles. The fourth-order valence-corrected chi connectivity index (χ4v) is 2.34. The number of benzene rings is 1. The van der Waals surface area contributed by atoms with Gasteiger partial charge in [-0.15, -0.1) is 0 Å². The van der Waals surface area contributed by atoms with Gasteiger partial charge in [-0.05, 0) is 37.1 Å². The van der Waals surface area contributed by atoms with E-state index in [-0.39, 0.29) is 18.4 Å². The standard InChI is InChI=1S/C13H15N3O2/c17-8-10-2-1-3-12-14-13(15-16(10)12)9-4-6-11(18)7-5-9/h4-7,10,17-18H,1-3,8H2. The molecule has 3 rings (SSSR count). The number of aromatic hydroxyl groups is 1. The Bertz CT molecular complexity index is 548. The number of hydrogen-bond donors (Lipinski definition) is 2. The van der Waals surface area contributed by atoms with Crippen molar-refractivity contribution < 1.29 is 10.2 Å². The molecule has 0 bridgehead atoms. The third-order valence-corrected chi connectivity index (χ3v) is 3.32. The predicted molar refractivity (Wildman–Crippen MR) is 66.2 cm³/mol. The normalized spacial score (nSPS) is 18.6. The number of aromatic nitrogens is 3. The van der Waals surface area contributed by atoms with Crippen LogP contribution in [0.2, 0.25) is 0 Å². The minimum atomic E-state index is 0.0483. The number of phenolic OH excluding ortho intramolecular Hbond substituents is 1. The molecule has 2 N–H and O–H groups in total. The van der Waals surface area contributed by atoms with Gasteiger partial charge in [-0.25, -0.2) is 9.67 Å². The molecule has 0 saturated carbocycles. The summed E-state index contributed by atoms with van der Waals surface area (Å²) >= 11 is 0. The van der Waals surface area contributed by atoms with Gasteiger partial charge in [0.05, 0.1) is 12.6 Å². The van der Waals surface area contributed by atoms with Crippen LogP contribution in [0.1, 0.15) is 24.7 Å². The summed E-state index contributed by atoms with van der Waals surface area (Å²) < 4.78 is 1.84. The second-order valence-electron chi connectivity index (χ2n) is 4.57. The maximum Gasteiger partial charge on any atom is 0.181 e. The van der Waals surface area contributed by atoms with E-state index in [0.717, 1.165) is 30.7 Å². The predicted octanol–water partition coefficient (Wildman–Crippen LogP) is 1.52. The van der Waals surface area contributed by atoms with E-state index in [0.29, 0.717) is 5.82 Å². The molecule has 1 aliphatic heterocycles. The Labute approximate surface area is 105 Å². The summed E-state index contributed by atoms with van der Waals surface area (Å²) in [6.45, 7) is 0.103. The van der Waals surface area contributed by atoms with Gasteiger partial charge in [-0.1, -0.05) is 0 Å². The van der Waals surface area contributed by atoms with Gasteiger partial charge in [0.2, 0.25) is 0 Å². The number of phenols is 1. The van der Waals surface area contributed by atoms with Gasteiger partial charge >= 0.3 is 0 Å². The number of aryl methyl sites for hydroxylation is 1. The van der Waals surface area contributed by atoms with Crippen molar-refractivity contribution in [1.29, 1.82) is 0 Å². The largest absolute Gasteiger partial charge is 0.508 e. The molecule has 1 atom stereocenters. The molecule has 0 saturated heterocycles. The molecule has 1 aromatic heterocycles. The van der Waals surface area contributed by atoms with Gasteiger partial charge in [-0.3, -0.25) is 0 Å². The average Bonchev–Trinajstić information content (AvgIpc) is 2.83. The molecule has 1 aliphatic rings. The average molecular weight is 245 g/mol. The van der Waals surface area contributed by atoms with Crippen molar-refractivity contribution in [3.05, 3.63) is 30.1 Å². The molecule has 2 heterocycles. The molecule has 5 nitrogen and oxygen atoms in total. The summed E-state index contributed by atoms with van der Waals surface area (Å²) in [6.07, 6.45) is 2.89. The Hall–Kier alpha value is -1.88. The van der Waals surface area contributed by atoms with E-state index in [1.165, 1.54) is 0 Å². The molecule has 94 valence electrons. The number of nitrogens with zero attached hydrogens (tertiary/aromatic N) is 3. The van der Waals surface area contributed by atoms with Crippen molar-refractivity contribution >= 4 is 0 Å². The molecule has 0 spiro atoms. The van der Waals surface area contributed by atoms with Gasteiger partial charge in [0, 0.05) is 12.0 Å². The lowest BCUT2D eigenvalue weighted by molar-refractivity contribution is 0.195. The fraction of sp³-hybridized carbons (Fsp3) is 0.385. The van der Waals surface area contributed by atoms with Gasteiger partial charge < -0.3 is 10.2 Å². The van der Waals surface area contributed by atoms with E-state index >= 15 is 0 Å². The minimum Gasteiger partial charge on any atom is -0.508 e. The summed E-state index contributed by atoms with van der Waals surface area (Å²) in [7, 11) is 0. The third-order valence-electron chi connectivity index (χ3n) is 3.32. The molecule has 18 heavy (non-hydrogen) atoms. The SMILES string of the molecule is OCC1CCCc2nc(-c3ccc(O)cc3)nn21. The smallest absolute Gasteiger partial charge is 0.181 e. The molecule has 0 radical (unpaired) electrons. The highest BCUT2D eigenvalue weighted by atomic mass is 16.3. The summed E-state index contributed by atoms with van der Waals surface area (Å²) in [6, 6.07) is 6.89. The first kappa shape index (κ1) is 11.2. The zero-order valence-electron chi connectivity index (χ0n) is 9.95. The topological polar surface area (TPSA) is 71.2 Å². The van der Waals surface area contributed by atoms with E-state index in [2.05, 4.69) is 10.1 Å². The van der Waals surface area contributed by atoms with Crippen LogP contribution < -0.4 is 0 Å². The highest BCUT2D eigenvalue weighted by molar-refractivity contribution is 5.55. The van der Waals surface area contributed by atoms with Gasteiger partial charge in [0.15, 0.2) is 5.82 Å². The number of hydrogen-bond acceptors (Lipinski definition) is 4. The highest BCUT2D eigenvalue weighted by Crippen LogP contribution is 2.26. The van der Waals surface area contributed by atoms with Crippen LogP contribution in [0.25, 0.3) is 11.4 Å². The van der Waals surface area contributed by atoms with Gasteiger partial charge in [-0.2, -0.15) is 5.10 Å². The van der Waals surface area contributed by atoms with Crippen molar-refractivity contribution in [1.82, 2.24) is 14.8 Å². The third kappa shape index (κ3) is 1.86. The minimum absolute atomic E-state index is 0.0483. The number of rotatable bonds is 2. The molecular weight excluding hydrogens is 230 g/mol. The Morgan fingerprint density at radius 1 is 1.28 bits per heavy atom. The molecule has 5 heteroatoms. The first-order valence-corrected chi connectivity index (χ1v) is 6.13. The number of aliphatic hydroxyl groups excluding tert-OH is 1. The van der Waals surface area contributed by atoms with Crippen molar-refractivity contribution in [2.75, 3.05) is 6.61 Å². The second kappa shape index (κ2) is 4.42. The fourth-order valence-electron chi connectivity index (χ4n) is 2.34. The first-order chi connectivity index (χ1) is 8.78. The zero-order valence-corrected chi connectivity index (χ0v) is 9.95. The van der Waals surface area contributed by atoms with Crippen LogP contribution in [0.4, 0.5) is 0 Å². The van der Waals surface area contributed by atoms with Crippen molar-refractivity contribution in [2.24, 2.45) is 0 Å². The number of aliphatic hydroxyl groups is 1. The monoisotopic (exact) mass is 245 g/mol. The lowest BCUT2D eigenvalue weighted by Crippen LogP contribution is -2.21. The van der Waals surface area contributed by atoms with Crippen LogP contribution in [0, 0.1) is 0 Å². The van der Waals surface area contributed by atoms with Crippen molar-refractivity contribution in [3.8, 4) is 17.1 Å². The Morgan fingerprint density at radius 3 is 2.78 bits per heavy atom. The van der Waals surface area contributed by atoms with Crippen LogP contribution in [0.15, 0.2) is 24.3 Å². The Morgan fingerprint density at radius 2 is 2.06 bits per heavy atom. The highest BCUT2D eigenvalue weighted by Gasteiger charge is 2.22. The zero-order chi connectivity index (χ0) is 12.5. The lowest BCUT2D eigenvalue weighted by Gasteiger charge is -2.20. The summed E-state index contributed by atoms with van der Waals surface area (Å²) in [5, 5.41) is 23.1. The van der Waals surface area contributed by atoms with Crippen LogP contribution >= 0.6 is 0 Å². The summed E-state index contributed by atoms with van der Waals surface area (Å²) in [4.78, 5) is 4.51. The maximum absolute atomic E-state index is 9.33. The van der Waals surface area contributed by atoms with Gasteiger partial charge in [0.25, 0.3) is 0 Å². The second-order valence-corrected chi connectivity index (χ2v) is 4.57. The molecule has 2 aromatic rings. The van der Waals surface area contributed by atoms with Gasteiger partial charge in [0.1, 0.15) is 11.6 Å². The molecule has 0 amide bonds. The van der Waals surface area contributed by atoms with E-state index in [4.69, 9.17) is 0 Å². The molecule has 1 aromatic carbocycles. The van der Waals surface area contributed by atoms with Crippen LogP contribution in [0.3, 0.4) is 0 Å². The van der Waals surface area contributed by atoms with Crippen LogP contribution in [-0.2, 0) is 6.42 Å². The van der Waals surface area contributed by atoms with E-state index in [9.17, 15) is 10.2 Å². The Kier molecular flexibility index (Phi) is 2.76.